The van der Waals surface area contributed by atoms with E-state index in [1.54, 1.807) is 0 Å². The topological polar surface area (TPSA) is 194 Å². The third-order valence-corrected chi connectivity index (χ3v) is 5.42. The summed E-state index contributed by atoms with van der Waals surface area (Å²) in [5.74, 6) is -0.673. The van der Waals surface area contributed by atoms with Gasteiger partial charge in [-0.1, -0.05) is 37.3 Å². The highest BCUT2D eigenvalue weighted by molar-refractivity contribution is 5.90. The second-order valence-corrected chi connectivity index (χ2v) is 9.16. The minimum atomic E-state index is -0.740. The fourth-order valence-electron chi connectivity index (χ4n) is 3.67. The molecule has 2 unspecified atom stereocenters. The lowest BCUT2D eigenvalue weighted by molar-refractivity contribution is -0.131. The SMILES string of the molecule is CCNC(CCCNC(=N)N)C(=O)NC(Cc1ccccc1)C(=O)NC(C)(C)CCCNC(=N)N. The fraction of sp³-hybridized carbons (Fsp3) is 0.583. The van der Waals surface area contributed by atoms with E-state index >= 15 is 0 Å². The van der Waals surface area contributed by atoms with Crippen molar-refractivity contribution in [2.24, 2.45) is 11.5 Å². The summed E-state index contributed by atoms with van der Waals surface area (Å²) in [6.45, 7) is 7.43. The van der Waals surface area contributed by atoms with Crippen molar-refractivity contribution in [2.75, 3.05) is 19.6 Å². The largest absolute Gasteiger partial charge is 0.370 e. The molecule has 0 radical (unpaired) electrons. The molecule has 11 heteroatoms. The molecule has 2 atom stereocenters. The predicted molar refractivity (Wildman–Crippen MR) is 140 cm³/mol. The van der Waals surface area contributed by atoms with E-state index in [0.717, 1.165) is 12.0 Å². The molecule has 0 saturated carbocycles. The van der Waals surface area contributed by atoms with E-state index in [-0.39, 0.29) is 23.7 Å². The first-order valence-corrected chi connectivity index (χ1v) is 12.1. The minimum absolute atomic E-state index is 0.0789. The molecule has 11 N–H and O–H groups in total. The van der Waals surface area contributed by atoms with Crippen LogP contribution in [0.5, 0.6) is 0 Å². The van der Waals surface area contributed by atoms with E-state index in [0.29, 0.717) is 45.3 Å². The van der Waals surface area contributed by atoms with Crippen molar-refractivity contribution >= 4 is 23.7 Å². The Bertz CT molecular complexity index is 814. The third kappa shape index (κ3) is 13.2. The van der Waals surface area contributed by atoms with Crippen LogP contribution in [0.4, 0.5) is 0 Å². The molecular formula is C24H43N9O2. The predicted octanol–water partition coefficient (Wildman–Crippen LogP) is 0.113. The van der Waals surface area contributed by atoms with Gasteiger partial charge in [0.05, 0.1) is 6.04 Å². The number of carbonyl (C=O) groups excluding carboxylic acids is 2. The average molecular weight is 490 g/mol. The molecule has 1 rings (SSSR count). The monoisotopic (exact) mass is 489 g/mol. The summed E-state index contributed by atoms with van der Waals surface area (Å²) in [6, 6.07) is 8.37. The number of nitrogens with one attached hydrogen (secondary N) is 7. The van der Waals surface area contributed by atoms with Crippen molar-refractivity contribution in [2.45, 2.75) is 70.5 Å². The van der Waals surface area contributed by atoms with E-state index in [1.165, 1.54) is 0 Å². The van der Waals surface area contributed by atoms with Gasteiger partial charge in [-0.3, -0.25) is 20.4 Å². The van der Waals surface area contributed by atoms with Crippen LogP contribution >= 0.6 is 0 Å². The van der Waals surface area contributed by atoms with Crippen LogP contribution in [0.2, 0.25) is 0 Å². The molecular weight excluding hydrogens is 446 g/mol. The Morgan fingerprint density at radius 2 is 1.54 bits per heavy atom. The Balaban J connectivity index is 2.85. The maximum absolute atomic E-state index is 13.3. The van der Waals surface area contributed by atoms with Gasteiger partial charge in [0.1, 0.15) is 6.04 Å². The van der Waals surface area contributed by atoms with Gasteiger partial charge in [0, 0.05) is 25.0 Å². The molecule has 1 aromatic rings. The number of carbonyl (C=O) groups is 2. The van der Waals surface area contributed by atoms with Gasteiger partial charge in [-0.05, 0) is 51.6 Å². The van der Waals surface area contributed by atoms with E-state index in [1.807, 2.05) is 51.1 Å². The number of hydrogen-bond donors (Lipinski definition) is 9. The van der Waals surface area contributed by atoms with Crippen molar-refractivity contribution < 1.29 is 9.59 Å². The number of likely N-dealkylation sites (N-methyl/N-ethyl adjacent to an activating group) is 1. The lowest BCUT2D eigenvalue weighted by Gasteiger charge is -2.30. The van der Waals surface area contributed by atoms with Crippen LogP contribution in [0.25, 0.3) is 0 Å². The van der Waals surface area contributed by atoms with Gasteiger partial charge in [-0.25, -0.2) is 0 Å². The van der Waals surface area contributed by atoms with Gasteiger partial charge in [0.2, 0.25) is 11.8 Å². The van der Waals surface area contributed by atoms with E-state index in [4.69, 9.17) is 22.3 Å². The van der Waals surface area contributed by atoms with Crippen LogP contribution in [0.3, 0.4) is 0 Å². The second-order valence-electron chi connectivity index (χ2n) is 9.16. The van der Waals surface area contributed by atoms with Crippen LogP contribution in [-0.2, 0) is 16.0 Å². The molecule has 1 aromatic carbocycles. The van der Waals surface area contributed by atoms with E-state index < -0.39 is 17.6 Å². The molecule has 0 aliphatic heterocycles. The molecule has 0 spiro atoms. The Labute approximate surface area is 208 Å². The van der Waals surface area contributed by atoms with E-state index in [2.05, 4.69) is 26.6 Å². The quantitative estimate of drug-likeness (QED) is 0.0893. The lowest BCUT2D eigenvalue weighted by atomic mass is 9.96. The molecule has 0 fully saturated rings. The van der Waals surface area contributed by atoms with Crippen molar-refractivity contribution in [3.8, 4) is 0 Å². The summed E-state index contributed by atoms with van der Waals surface area (Å²) in [5, 5.41) is 29.2. The van der Waals surface area contributed by atoms with Gasteiger partial charge in [-0.2, -0.15) is 0 Å². The van der Waals surface area contributed by atoms with Crippen molar-refractivity contribution in [3.63, 3.8) is 0 Å². The zero-order chi connectivity index (χ0) is 26.3. The first kappa shape index (κ1) is 29.7. The van der Waals surface area contributed by atoms with Crippen molar-refractivity contribution in [1.29, 1.82) is 10.8 Å². The molecule has 2 amide bonds. The Kier molecular flexibility index (Phi) is 13.2. The van der Waals surface area contributed by atoms with Crippen LogP contribution in [0, 0.1) is 10.8 Å². The highest BCUT2D eigenvalue weighted by Gasteiger charge is 2.29. The second kappa shape index (κ2) is 15.5. The highest BCUT2D eigenvalue weighted by Crippen LogP contribution is 2.13. The number of nitrogens with two attached hydrogens (primary N) is 2. The third-order valence-electron chi connectivity index (χ3n) is 5.42. The normalized spacial score (nSPS) is 12.8. The molecule has 0 aliphatic rings. The van der Waals surface area contributed by atoms with Crippen LogP contribution < -0.4 is 38.1 Å². The summed E-state index contributed by atoms with van der Waals surface area (Å²) in [4.78, 5) is 26.4. The molecule has 35 heavy (non-hydrogen) atoms. The first-order chi connectivity index (χ1) is 16.5. The van der Waals surface area contributed by atoms with Crippen LogP contribution in [0.15, 0.2) is 30.3 Å². The summed E-state index contributed by atoms with van der Waals surface area (Å²) >= 11 is 0. The zero-order valence-electron chi connectivity index (χ0n) is 21.2. The van der Waals surface area contributed by atoms with Crippen LogP contribution in [-0.4, -0.2) is 61.0 Å². The maximum Gasteiger partial charge on any atom is 0.243 e. The first-order valence-electron chi connectivity index (χ1n) is 12.1. The lowest BCUT2D eigenvalue weighted by Crippen LogP contribution is -2.57. The summed E-state index contributed by atoms with van der Waals surface area (Å²) in [5.41, 5.74) is 11.1. The van der Waals surface area contributed by atoms with Gasteiger partial charge in [0.25, 0.3) is 0 Å². The molecule has 0 heterocycles. The Morgan fingerprint density at radius 1 is 0.943 bits per heavy atom. The Hall–Kier alpha value is -3.34. The van der Waals surface area contributed by atoms with Gasteiger partial charge in [0.15, 0.2) is 11.9 Å². The molecule has 0 saturated heterocycles. The van der Waals surface area contributed by atoms with Gasteiger partial charge >= 0.3 is 0 Å². The molecule has 0 aromatic heterocycles. The molecule has 0 bridgehead atoms. The number of guanidine groups is 2. The Morgan fingerprint density at radius 3 is 2.11 bits per heavy atom. The number of rotatable bonds is 16. The van der Waals surface area contributed by atoms with Crippen LogP contribution in [0.1, 0.15) is 52.0 Å². The van der Waals surface area contributed by atoms with E-state index in [9.17, 15) is 9.59 Å². The molecule has 196 valence electrons. The van der Waals surface area contributed by atoms with Gasteiger partial charge in [-0.15, -0.1) is 0 Å². The van der Waals surface area contributed by atoms with Gasteiger partial charge < -0.3 is 38.1 Å². The standard InChI is InChI=1S/C24H43N9O2/c1-4-29-18(12-8-14-30-22(25)26)20(34)32-19(16-17-10-6-5-7-11-17)21(35)33-24(2,3)13-9-15-31-23(27)28/h5-7,10-11,18-19,29H,4,8-9,12-16H2,1-3H3,(H,32,34)(H,33,35)(H4,25,26,30)(H4,27,28,31). The summed E-state index contributed by atoms with van der Waals surface area (Å²) in [7, 11) is 0. The molecule has 0 aliphatic carbocycles. The summed E-state index contributed by atoms with van der Waals surface area (Å²) in [6.07, 6.45) is 2.94. The van der Waals surface area contributed by atoms with Crippen molar-refractivity contribution in [1.82, 2.24) is 26.6 Å². The minimum Gasteiger partial charge on any atom is -0.370 e. The smallest absolute Gasteiger partial charge is 0.243 e. The average Bonchev–Trinajstić information content (AvgIpc) is 2.78. The van der Waals surface area contributed by atoms with Crippen molar-refractivity contribution in [3.05, 3.63) is 35.9 Å². The maximum atomic E-state index is 13.3. The number of amides is 2. The highest BCUT2D eigenvalue weighted by atomic mass is 16.2. The number of hydrogen-bond acceptors (Lipinski definition) is 5. The fourth-order valence-corrected chi connectivity index (χ4v) is 3.67. The zero-order valence-corrected chi connectivity index (χ0v) is 21.2. The summed E-state index contributed by atoms with van der Waals surface area (Å²) < 4.78 is 0. The molecule has 11 nitrogen and oxygen atoms in total. The number of benzene rings is 1.